The molecule has 0 atom stereocenters. The van der Waals surface area contributed by atoms with Crippen LogP contribution in [0.3, 0.4) is 0 Å². The predicted molar refractivity (Wildman–Crippen MR) is 141 cm³/mol. The summed E-state index contributed by atoms with van der Waals surface area (Å²) in [6.07, 6.45) is -11.5. The van der Waals surface area contributed by atoms with Gasteiger partial charge in [0.1, 0.15) is 5.82 Å². The SMILES string of the molecule is CC(C)(C)[Si](C)(C)OC(c1ccc(CN2CCN(C(=O)c3ccc(N)c(F)c3)CC2)cc1)(C(F)(F)F)C(F)(F)F. The largest absolute Gasteiger partial charge is 0.429 e. The van der Waals surface area contributed by atoms with Gasteiger partial charge in [-0.05, 0) is 41.9 Å². The smallest absolute Gasteiger partial charge is 0.396 e. The van der Waals surface area contributed by atoms with Crippen LogP contribution >= 0.6 is 0 Å². The Bertz CT molecular complexity index is 1190. The summed E-state index contributed by atoms with van der Waals surface area (Å²) < 4.78 is 105. The van der Waals surface area contributed by atoms with Gasteiger partial charge in [0, 0.05) is 43.9 Å². The van der Waals surface area contributed by atoms with Crippen molar-refractivity contribution in [3.63, 3.8) is 0 Å². The van der Waals surface area contributed by atoms with Crippen molar-refractivity contribution in [3.8, 4) is 0 Å². The molecular weight excluding hydrogens is 559 g/mol. The number of alkyl halides is 6. The van der Waals surface area contributed by atoms with Crippen molar-refractivity contribution in [1.29, 1.82) is 0 Å². The molecule has 0 aromatic heterocycles. The Morgan fingerprint density at radius 2 is 1.43 bits per heavy atom. The van der Waals surface area contributed by atoms with E-state index in [-0.39, 0.29) is 23.7 Å². The van der Waals surface area contributed by atoms with Gasteiger partial charge in [0.15, 0.2) is 8.32 Å². The number of piperazine rings is 1. The van der Waals surface area contributed by atoms with Crippen molar-refractivity contribution in [3.05, 3.63) is 65.0 Å². The highest BCUT2D eigenvalue weighted by Gasteiger charge is 2.74. The molecule has 0 unspecified atom stereocenters. The summed E-state index contributed by atoms with van der Waals surface area (Å²) in [5.74, 6) is -1.05. The first-order valence-corrected chi connectivity index (χ1v) is 15.6. The highest BCUT2D eigenvalue weighted by Crippen LogP contribution is 2.56. The molecule has 1 fully saturated rings. The lowest BCUT2D eigenvalue weighted by Crippen LogP contribution is -2.62. The Morgan fingerprint density at radius 1 is 0.900 bits per heavy atom. The predicted octanol–water partition coefficient (Wildman–Crippen LogP) is 6.71. The van der Waals surface area contributed by atoms with Crippen LogP contribution < -0.4 is 5.73 Å². The molecule has 1 saturated heterocycles. The van der Waals surface area contributed by atoms with Gasteiger partial charge in [-0.25, -0.2) is 4.39 Å². The van der Waals surface area contributed by atoms with Crippen LogP contribution in [0.5, 0.6) is 0 Å². The molecule has 5 nitrogen and oxygen atoms in total. The monoisotopic (exact) mass is 593 g/mol. The van der Waals surface area contributed by atoms with E-state index >= 15 is 0 Å². The summed E-state index contributed by atoms with van der Waals surface area (Å²) in [5, 5.41) is -0.903. The molecule has 0 saturated carbocycles. The van der Waals surface area contributed by atoms with Crippen LogP contribution in [0.4, 0.5) is 36.4 Å². The number of rotatable bonds is 6. The van der Waals surface area contributed by atoms with Crippen LogP contribution in [0.1, 0.15) is 42.3 Å². The molecule has 1 aliphatic heterocycles. The molecule has 0 aliphatic carbocycles. The molecule has 1 aliphatic rings. The van der Waals surface area contributed by atoms with Gasteiger partial charge in [0.2, 0.25) is 0 Å². The van der Waals surface area contributed by atoms with E-state index in [2.05, 4.69) is 0 Å². The number of halogens is 7. The van der Waals surface area contributed by atoms with E-state index in [1.165, 1.54) is 37.4 Å². The lowest BCUT2D eigenvalue weighted by molar-refractivity contribution is -0.369. The van der Waals surface area contributed by atoms with E-state index in [0.717, 1.165) is 18.2 Å². The second kappa shape index (κ2) is 11.0. The first-order valence-electron chi connectivity index (χ1n) is 12.7. The van der Waals surface area contributed by atoms with Gasteiger partial charge in [0.25, 0.3) is 11.5 Å². The molecule has 0 spiro atoms. The minimum Gasteiger partial charge on any atom is -0.396 e. The van der Waals surface area contributed by atoms with E-state index < -0.39 is 42.7 Å². The molecule has 222 valence electrons. The second-order valence-electron chi connectivity index (χ2n) is 11.5. The zero-order chi connectivity index (χ0) is 30.3. The minimum atomic E-state index is -5.75. The quantitative estimate of drug-likeness (QED) is 0.230. The summed E-state index contributed by atoms with van der Waals surface area (Å²) in [4.78, 5) is 16.2. The minimum absolute atomic E-state index is 0.0679. The Labute approximate surface area is 230 Å². The van der Waals surface area contributed by atoms with Crippen LogP contribution in [0, 0.1) is 5.82 Å². The van der Waals surface area contributed by atoms with Crippen molar-refractivity contribution in [2.45, 2.75) is 63.4 Å². The maximum Gasteiger partial charge on any atom is 0.429 e. The highest BCUT2D eigenvalue weighted by molar-refractivity contribution is 6.74. The highest BCUT2D eigenvalue weighted by atomic mass is 28.4. The molecule has 1 heterocycles. The van der Waals surface area contributed by atoms with Gasteiger partial charge in [0.05, 0.1) is 5.69 Å². The van der Waals surface area contributed by atoms with Crippen molar-refractivity contribution in [2.75, 3.05) is 31.9 Å². The Kier molecular flexibility index (Phi) is 8.75. The third kappa shape index (κ3) is 6.31. The standard InChI is InChI=1S/C27H34F7N3O2Si/c1-24(2,3)40(4,5)39-25(26(29,30)31,27(32,33)34)20-9-6-18(7-10-20)17-36-12-14-37(15-13-36)23(38)19-8-11-22(35)21(28)16-19/h6-11,16H,12-15,17,35H2,1-5H3. The molecule has 3 rings (SSSR count). The zero-order valence-corrected chi connectivity index (χ0v) is 24.0. The van der Waals surface area contributed by atoms with Crippen LogP contribution in [0.2, 0.25) is 18.1 Å². The summed E-state index contributed by atoms with van der Waals surface area (Å²) in [7, 11) is -3.55. The molecule has 2 N–H and O–H groups in total. The number of benzene rings is 2. The van der Waals surface area contributed by atoms with Crippen molar-refractivity contribution in [2.24, 2.45) is 0 Å². The zero-order valence-electron chi connectivity index (χ0n) is 23.0. The number of carbonyl (C=O) groups is 1. The fourth-order valence-electron chi connectivity index (χ4n) is 4.25. The van der Waals surface area contributed by atoms with Crippen LogP contribution in [0.25, 0.3) is 0 Å². The summed E-state index contributed by atoms with van der Waals surface area (Å²) in [6.45, 7) is 9.12. The number of nitrogen functional groups attached to an aromatic ring is 1. The Balaban J connectivity index is 1.77. The van der Waals surface area contributed by atoms with Gasteiger partial charge in [-0.15, -0.1) is 0 Å². The first kappa shape index (κ1) is 31.9. The number of nitrogens with zero attached hydrogens (tertiary/aromatic N) is 2. The van der Waals surface area contributed by atoms with Crippen LogP contribution in [-0.4, -0.2) is 62.6 Å². The van der Waals surface area contributed by atoms with E-state index in [1.807, 2.05) is 4.90 Å². The van der Waals surface area contributed by atoms with E-state index in [0.29, 0.717) is 31.7 Å². The second-order valence-corrected chi connectivity index (χ2v) is 16.3. The van der Waals surface area contributed by atoms with Crippen molar-refractivity contribution < 1.29 is 40.0 Å². The van der Waals surface area contributed by atoms with Gasteiger partial charge in [-0.2, -0.15) is 26.3 Å². The molecule has 2 aromatic rings. The molecule has 0 radical (unpaired) electrons. The lowest BCUT2D eigenvalue weighted by Gasteiger charge is -2.46. The number of amides is 1. The maximum absolute atomic E-state index is 14.3. The molecule has 13 heteroatoms. The van der Waals surface area contributed by atoms with E-state index in [1.54, 1.807) is 25.7 Å². The topological polar surface area (TPSA) is 58.8 Å². The maximum atomic E-state index is 14.3. The summed E-state index contributed by atoms with van der Waals surface area (Å²) in [6, 6.07) is 7.97. The van der Waals surface area contributed by atoms with E-state index in [4.69, 9.17) is 10.2 Å². The molecular formula is C27H34F7N3O2Si. The van der Waals surface area contributed by atoms with Crippen LogP contribution in [-0.2, 0) is 16.6 Å². The molecule has 1 amide bonds. The average Bonchev–Trinajstić information content (AvgIpc) is 2.82. The molecule has 0 bridgehead atoms. The van der Waals surface area contributed by atoms with Crippen LogP contribution in [0.15, 0.2) is 42.5 Å². The number of carbonyl (C=O) groups excluding carboxylic acids is 1. The number of hydrogen-bond donors (Lipinski definition) is 1. The normalized spacial score (nSPS) is 16.4. The van der Waals surface area contributed by atoms with Gasteiger partial charge in [-0.3, -0.25) is 9.69 Å². The summed E-state index contributed by atoms with van der Waals surface area (Å²) in [5.41, 5.74) is 0.572. The number of nitrogens with two attached hydrogens (primary N) is 1. The fourth-order valence-corrected chi connectivity index (χ4v) is 5.67. The molecule has 2 aromatic carbocycles. The third-order valence-electron chi connectivity index (χ3n) is 7.69. The first-order chi connectivity index (χ1) is 18.2. The Morgan fingerprint density at radius 3 is 1.88 bits per heavy atom. The van der Waals surface area contributed by atoms with Gasteiger partial charge < -0.3 is 15.1 Å². The summed E-state index contributed by atoms with van der Waals surface area (Å²) >= 11 is 0. The van der Waals surface area contributed by atoms with Crippen molar-refractivity contribution in [1.82, 2.24) is 9.80 Å². The van der Waals surface area contributed by atoms with Gasteiger partial charge >= 0.3 is 12.4 Å². The van der Waals surface area contributed by atoms with E-state index in [9.17, 15) is 35.5 Å². The Hall–Kier alpha value is -2.64. The van der Waals surface area contributed by atoms with Crippen molar-refractivity contribution >= 4 is 19.9 Å². The third-order valence-corrected chi connectivity index (χ3v) is 12.1. The fraction of sp³-hybridized carbons (Fsp3) is 0.519. The van der Waals surface area contributed by atoms with Gasteiger partial charge in [-0.1, -0.05) is 45.0 Å². The molecule has 40 heavy (non-hydrogen) atoms. The number of hydrogen-bond acceptors (Lipinski definition) is 4. The average molecular weight is 594 g/mol. The number of anilines is 1. The lowest BCUT2D eigenvalue weighted by atomic mass is 9.91.